The maximum Gasteiger partial charge on any atom is 0.257 e. The smallest absolute Gasteiger partial charge is 0.257 e. The van der Waals surface area contributed by atoms with Crippen LogP contribution in [0.5, 0.6) is 5.75 Å². The zero-order chi connectivity index (χ0) is 14.1. The molecule has 0 fully saturated rings. The summed E-state index contributed by atoms with van der Waals surface area (Å²) in [5, 5.41) is 8.14. The van der Waals surface area contributed by atoms with Crippen LogP contribution in [-0.2, 0) is 9.59 Å². The molecule has 0 heterocycles. The number of halogens is 1. The molecule has 0 aliphatic carbocycles. The summed E-state index contributed by atoms with van der Waals surface area (Å²) in [7, 11) is 3.35. The van der Waals surface area contributed by atoms with Crippen molar-refractivity contribution in [3.05, 3.63) is 24.3 Å². The Hall–Kier alpha value is -1.79. The molecule has 0 saturated heterocycles. The maximum absolute atomic E-state index is 11.5. The lowest BCUT2D eigenvalue weighted by Gasteiger charge is -2.07. The van der Waals surface area contributed by atoms with Gasteiger partial charge in [0.15, 0.2) is 6.61 Å². The van der Waals surface area contributed by atoms with Gasteiger partial charge in [-0.15, -0.1) is 12.4 Å². The van der Waals surface area contributed by atoms with Crippen molar-refractivity contribution >= 4 is 29.9 Å². The molecule has 1 aromatic rings. The van der Waals surface area contributed by atoms with E-state index in [2.05, 4.69) is 16.0 Å². The van der Waals surface area contributed by atoms with Crippen LogP contribution in [0.25, 0.3) is 0 Å². The van der Waals surface area contributed by atoms with E-state index >= 15 is 0 Å². The zero-order valence-corrected chi connectivity index (χ0v) is 12.4. The van der Waals surface area contributed by atoms with E-state index in [0.717, 1.165) is 0 Å². The lowest BCUT2D eigenvalue weighted by atomic mass is 10.3. The molecule has 20 heavy (non-hydrogen) atoms. The third kappa shape index (κ3) is 6.96. The molecular weight excluding hydrogens is 282 g/mol. The van der Waals surface area contributed by atoms with Crippen LogP contribution >= 0.6 is 12.4 Å². The number of rotatable bonds is 7. The Morgan fingerprint density at radius 1 is 1.10 bits per heavy atom. The first-order valence-corrected chi connectivity index (χ1v) is 6.03. The van der Waals surface area contributed by atoms with Crippen molar-refractivity contribution in [3.63, 3.8) is 0 Å². The number of benzene rings is 1. The molecule has 0 radical (unpaired) electrons. The number of nitrogens with one attached hydrogen (secondary N) is 3. The molecule has 0 saturated carbocycles. The molecule has 1 aromatic carbocycles. The van der Waals surface area contributed by atoms with Gasteiger partial charge in [0.25, 0.3) is 5.91 Å². The highest BCUT2D eigenvalue weighted by Crippen LogP contribution is 2.15. The average molecular weight is 302 g/mol. The fourth-order valence-electron chi connectivity index (χ4n) is 1.32. The Bertz CT molecular complexity index is 423. The first kappa shape index (κ1) is 18.2. The van der Waals surface area contributed by atoms with Crippen molar-refractivity contribution in [1.82, 2.24) is 10.6 Å². The molecule has 3 N–H and O–H groups in total. The molecule has 2 amide bonds. The minimum absolute atomic E-state index is 0. The highest BCUT2D eigenvalue weighted by Gasteiger charge is 2.03. The highest BCUT2D eigenvalue weighted by atomic mass is 35.5. The van der Waals surface area contributed by atoms with Crippen molar-refractivity contribution in [2.45, 2.75) is 6.42 Å². The summed E-state index contributed by atoms with van der Waals surface area (Å²) in [6.45, 7) is 0.615. The molecular formula is C13H20ClN3O3. The molecule has 0 aromatic heterocycles. The predicted molar refractivity (Wildman–Crippen MR) is 80.4 cm³/mol. The van der Waals surface area contributed by atoms with Crippen LogP contribution in [0.1, 0.15) is 6.42 Å². The lowest BCUT2D eigenvalue weighted by molar-refractivity contribution is -0.122. The number of ether oxygens (including phenoxy) is 1. The Morgan fingerprint density at radius 2 is 1.75 bits per heavy atom. The molecule has 0 unspecified atom stereocenters. The summed E-state index contributed by atoms with van der Waals surface area (Å²) in [4.78, 5) is 22.5. The second kappa shape index (κ2) is 10.1. The van der Waals surface area contributed by atoms with Crippen molar-refractivity contribution in [2.75, 3.05) is 32.6 Å². The van der Waals surface area contributed by atoms with Crippen LogP contribution in [0.4, 0.5) is 5.69 Å². The fourth-order valence-corrected chi connectivity index (χ4v) is 1.32. The molecule has 0 aliphatic heterocycles. The van der Waals surface area contributed by atoms with E-state index in [0.29, 0.717) is 24.4 Å². The van der Waals surface area contributed by atoms with Crippen LogP contribution in [0.2, 0.25) is 0 Å². The lowest BCUT2D eigenvalue weighted by Crippen LogP contribution is -2.24. The molecule has 0 spiro atoms. The van der Waals surface area contributed by atoms with E-state index < -0.39 is 0 Å². The normalized spacial score (nSPS) is 9.30. The largest absolute Gasteiger partial charge is 0.484 e. The van der Waals surface area contributed by atoms with Gasteiger partial charge in [-0.25, -0.2) is 0 Å². The fraction of sp³-hybridized carbons (Fsp3) is 0.385. The summed E-state index contributed by atoms with van der Waals surface area (Å²) >= 11 is 0. The van der Waals surface area contributed by atoms with E-state index in [4.69, 9.17) is 4.74 Å². The third-order valence-corrected chi connectivity index (χ3v) is 2.39. The third-order valence-electron chi connectivity index (χ3n) is 2.39. The summed E-state index contributed by atoms with van der Waals surface area (Å²) in [6, 6.07) is 6.88. The summed E-state index contributed by atoms with van der Waals surface area (Å²) in [5.41, 5.74) is 0.702. The Balaban J connectivity index is 0.00000361. The van der Waals surface area contributed by atoms with Crippen LogP contribution < -0.4 is 20.7 Å². The van der Waals surface area contributed by atoms with Gasteiger partial charge in [0.2, 0.25) is 5.91 Å². The van der Waals surface area contributed by atoms with Gasteiger partial charge < -0.3 is 20.7 Å². The maximum atomic E-state index is 11.5. The number of carbonyl (C=O) groups is 2. The van der Waals surface area contributed by atoms with Gasteiger partial charge in [-0.2, -0.15) is 0 Å². The van der Waals surface area contributed by atoms with Gasteiger partial charge in [-0.05, 0) is 31.3 Å². The molecule has 0 atom stereocenters. The summed E-state index contributed by atoms with van der Waals surface area (Å²) in [5.74, 6) is 0.342. The first-order chi connectivity index (χ1) is 9.15. The number of amides is 2. The monoisotopic (exact) mass is 301 g/mol. The van der Waals surface area contributed by atoms with Crippen molar-refractivity contribution in [2.24, 2.45) is 0 Å². The second-order valence-corrected chi connectivity index (χ2v) is 3.89. The summed E-state index contributed by atoms with van der Waals surface area (Å²) < 4.78 is 5.25. The van der Waals surface area contributed by atoms with Crippen LogP contribution in [0.15, 0.2) is 24.3 Å². The topological polar surface area (TPSA) is 79.5 Å². The van der Waals surface area contributed by atoms with Gasteiger partial charge in [-0.3, -0.25) is 9.59 Å². The summed E-state index contributed by atoms with van der Waals surface area (Å²) in [6.07, 6.45) is 0.422. The van der Waals surface area contributed by atoms with E-state index in [9.17, 15) is 9.59 Å². The van der Waals surface area contributed by atoms with E-state index in [1.54, 1.807) is 38.4 Å². The van der Waals surface area contributed by atoms with Crippen molar-refractivity contribution in [3.8, 4) is 5.75 Å². The van der Waals surface area contributed by atoms with Gasteiger partial charge >= 0.3 is 0 Å². The Morgan fingerprint density at radius 3 is 2.30 bits per heavy atom. The first-order valence-electron chi connectivity index (χ1n) is 6.03. The zero-order valence-electron chi connectivity index (χ0n) is 11.6. The number of hydrogen-bond donors (Lipinski definition) is 3. The van der Waals surface area contributed by atoms with Crippen molar-refractivity contribution < 1.29 is 14.3 Å². The molecule has 1 rings (SSSR count). The van der Waals surface area contributed by atoms with Gasteiger partial charge in [0.1, 0.15) is 5.75 Å². The van der Waals surface area contributed by atoms with Gasteiger partial charge in [0, 0.05) is 25.7 Å². The quantitative estimate of drug-likeness (QED) is 0.695. The molecule has 112 valence electrons. The minimum Gasteiger partial charge on any atom is -0.484 e. The molecule has 7 heteroatoms. The van der Waals surface area contributed by atoms with Crippen molar-refractivity contribution in [1.29, 1.82) is 0 Å². The van der Waals surface area contributed by atoms with Crippen LogP contribution in [-0.4, -0.2) is 39.1 Å². The number of anilines is 1. The van der Waals surface area contributed by atoms with Gasteiger partial charge in [-0.1, -0.05) is 0 Å². The minimum atomic E-state index is -0.190. The van der Waals surface area contributed by atoms with E-state index in [1.807, 2.05) is 0 Å². The average Bonchev–Trinajstić information content (AvgIpc) is 2.44. The molecule has 6 nitrogen and oxygen atoms in total. The second-order valence-electron chi connectivity index (χ2n) is 3.89. The highest BCUT2D eigenvalue weighted by molar-refractivity contribution is 5.90. The van der Waals surface area contributed by atoms with Crippen LogP contribution in [0, 0.1) is 0 Å². The Labute approximate surface area is 124 Å². The molecule has 0 aliphatic rings. The number of likely N-dealkylation sites (N-methyl/N-ethyl adjacent to an activating group) is 1. The van der Waals surface area contributed by atoms with Gasteiger partial charge in [0.05, 0.1) is 0 Å². The number of hydrogen-bond acceptors (Lipinski definition) is 4. The van der Waals surface area contributed by atoms with Crippen LogP contribution in [0.3, 0.4) is 0 Å². The SMILES string of the molecule is CNCCC(=O)Nc1ccc(OCC(=O)NC)cc1.Cl. The van der Waals surface area contributed by atoms with E-state index in [-0.39, 0.29) is 30.8 Å². The molecule has 0 bridgehead atoms. The predicted octanol–water partition coefficient (Wildman–Crippen LogP) is 0.781. The Kier molecular flexibility index (Phi) is 9.15. The standard InChI is InChI=1S/C13H19N3O3.ClH/c1-14-8-7-12(17)16-10-3-5-11(6-4-10)19-9-13(18)15-2;/h3-6,14H,7-9H2,1-2H3,(H,15,18)(H,16,17);1H. The number of carbonyl (C=O) groups excluding carboxylic acids is 2. The van der Waals surface area contributed by atoms with E-state index in [1.165, 1.54) is 0 Å².